The molecule has 2 N–H and O–H groups in total. The first-order valence-corrected chi connectivity index (χ1v) is 9.03. The summed E-state index contributed by atoms with van der Waals surface area (Å²) in [4.78, 5) is 16.2. The zero-order valence-electron chi connectivity index (χ0n) is 16.7. The summed E-state index contributed by atoms with van der Waals surface area (Å²) in [5.74, 6) is 1.53. The summed E-state index contributed by atoms with van der Waals surface area (Å²) >= 11 is 0. The molecule has 0 heterocycles. The van der Waals surface area contributed by atoms with Crippen LogP contribution in [0.1, 0.15) is 28.4 Å². The molecular formula is C21H27N3O4. The van der Waals surface area contributed by atoms with E-state index in [1.807, 2.05) is 37.3 Å². The molecule has 2 rings (SSSR count). The number of para-hydroxylation sites is 1. The maximum absolute atomic E-state index is 11.9. The number of ether oxygens (including phenoxy) is 3. The Hall–Kier alpha value is -3.22. The maximum Gasteiger partial charge on any atom is 0.341 e. The Balaban J connectivity index is 2.00. The highest BCUT2D eigenvalue weighted by Crippen LogP contribution is 2.21. The van der Waals surface area contributed by atoms with Gasteiger partial charge in [-0.1, -0.05) is 24.3 Å². The summed E-state index contributed by atoms with van der Waals surface area (Å²) < 4.78 is 15.7. The molecule has 7 heteroatoms. The van der Waals surface area contributed by atoms with E-state index in [0.29, 0.717) is 37.0 Å². The van der Waals surface area contributed by atoms with Gasteiger partial charge in [0.25, 0.3) is 0 Å². The molecule has 0 saturated heterocycles. The van der Waals surface area contributed by atoms with E-state index in [2.05, 4.69) is 15.6 Å². The van der Waals surface area contributed by atoms with Crippen molar-refractivity contribution in [3.8, 4) is 11.5 Å². The number of nitrogens with one attached hydrogen (secondary N) is 2. The third-order valence-electron chi connectivity index (χ3n) is 4.07. The van der Waals surface area contributed by atoms with Gasteiger partial charge in [-0.2, -0.15) is 0 Å². The van der Waals surface area contributed by atoms with Crippen LogP contribution >= 0.6 is 0 Å². The van der Waals surface area contributed by atoms with Crippen molar-refractivity contribution < 1.29 is 19.0 Å². The molecule has 2 aromatic carbocycles. The summed E-state index contributed by atoms with van der Waals surface area (Å²) in [5, 5.41) is 6.50. The number of aliphatic imine (C=N–C) groups is 1. The number of hydrogen-bond acceptors (Lipinski definition) is 5. The van der Waals surface area contributed by atoms with Crippen LogP contribution in [0.5, 0.6) is 11.5 Å². The highest BCUT2D eigenvalue weighted by atomic mass is 16.5. The van der Waals surface area contributed by atoms with Crippen LogP contribution in [-0.4, -0.2) is 39.8 Å². The lowest BCUT2D eigenvalue weighted by Crippen LogP contribution is -2.36. The second kappa shape index (κ2) is 10.8. The molecule has 0 spiro atoms. The van der Waals surface area contributed by atoms with Crippen molar-refractivity contribution in [1.29, 1.82) is 0 Å². The number of guanidine groups is 1. The van der Waals surface area contributed by atoms with Crippen molar-refractivity contribution in [2.45, 2.75) is 20.0 Å². The summed E-state index contributed by atoms with van der Waals surface area (Å²) in [6.45, 7) is 3.64. The molecule has 0 aromatic heterocycles. The second-order valence-electron chi connectivity index (χ2n) is 5.85. The van der Waals surface area contributed by atoms with Crippen LogP contribution in [0.4, 0.5) is 0 Å². The number of rotatable bonds is 8. The predicted octanol–water partition coefficient (Wildman–Crippen LogP) is 2.75. The molecule has 0 unspecified atom stereocenters. The number of nitrogens with zero attached hydrogens (tertiary/aromatic N) is 1. The van der Waals surface area contributed by atoms with Crippen molar-refractivity contribution in [3.63, 3.8) is 0 Å². The zero-order chi connectivity index (χ0) is 20.4. The molecule has 0 saturated carbocycles. The minimum Gasteiger partial charge on any atom is -0.496 e. The van der Waals surface area contributed by atoms with Crippen molar-refractivity contribution >= 4 is 11.9 Å². The average Bonchev–Trinajstić information content (AvgIpc) is 2.74. The molecule has 150 valence electrons. The van der Waals surface area contributed by atoms with Gasteiger partial charge in [0.2, 0.25) is 0 Å². The minimum atomic E-state index is -0.436. The molecule has 7 nitrogen and oxygen atoms in total. The number of methoxy groups -OCH3 is 2. The highest BCUT2D eigenvalue weighted by molar-refractivity contribution is 5.92. The van der Waals surface area contributed by atoms with Crippen LogP contribution < -0.4 is 20.1 Å². The molecule has 0 aliphatic rings. The Kier molecular flexibility index (Phi) is 8.14. The number of benzene rings is 2. The van der Waals surface area contributed by atoms with Crippen LogP contribution in [0.3, 0.4) is 0 Å². The monoisotopic (exact) mass is 385 g/mol. The summed E-state index contributed by atoms with van der Waals surface area (Å²) in [7, 11) is 4.57. The van der Waals surface area contributed by atoms with Crippen molar-refractivity contribution in [3.05, 3.63) is 59.2 Å². The van der Waals surface area contributed by atoms with Crippen LogP contribution in [0.2, 0.25) is 0 Å². The van der Waals surface area contributed by atoms with E-state index in [9.17, 15) is 4.79 Å². The van der Waals surface area contributed by atoms with E-state index < -0.39 is 5.97 Å². The maximum atomic E-state index is 11.9. The largest absolute Gasteiger partial charge is 0.496 e. The molecule has 0 aliphatic heterocycles. The lowest BCUT2D eigenvalue weighted by Gasteiger charge is -2.15. The molecule has 0 bridgehead atoms. The normalized spacial score (nSPS) is 10.9. The van der Waals surface area contributed by atoms with E-state index >= 15 is 0 Å². The molecule has 0 fully saturated rings. The summed E-state index contributed by atoms with van der Waals surface area (Å²) in [5.41, 5.74) is 2.33. The SMILES string of the molecule is CCOc1ccccc1CNC(=NC)NCc1ccc(OC)c(C(=O)OC)c1. The van der Waals surface area contributed by atoms with Gasteiger partial charge in [0.15, 0.2) is 5.96 Å². The van der Waals surface area contributed by atoms with E-state index in [4.69, 9.17) is 14.2 Å². The minimum absolute atomic E-state index is 0.387. The fourth-order valence-electron chi connectivity index (χ4n) is 2.67. The lowest BCUT2D eigenvalue weighted by molar-refractivity contribution is 0.0597. The molecule has 0 amide bonds. The van der Waals surface area contributed by atoms with Gasteiger partial charge < -0.3 is 24.8 Å². The first-order valence-electron chi connectivity index (χ1n) is 9.03. The van der Waals surface area contributed by atoms with Crippen molar-refractivity contribution in [2.75, 3.05) is 27.9 Å². The van der Waals surface area contributed by atoms with E-state index in [1.165, 1.54) is 14.2 Å². The van der Waals surface area contributed by atoms with Crippen LogP contribution in [-0.2, 0) is 17.8 Å². The van der Waals surface area contributed by atoms with E-state index in [-0.39, 0.29) is 0 Å². The standard InChI is InChI=1S/C21H27N3O4/c1-5-28-18-9-7-6-8-16(18)14-24-21(22-2)23-13-15-10-11-19(26-3)17(12-15)20(25)27-4/h6-12H,5,13-14H2,1-4H3,(H2,22,23,24). The first-order chi connectivity index (χ1) is 13.6. The Bertz CT molecular complexity index is 821. The van der Waals surface area contributed by atoms with Gasteiger partial charge in [0.1, 0.15) is 17.1 Å². The molecule has 0 radical (unpaired) electrons. The third kappa shape index (κ3) is 5.64. The van der Waals surface area contributed by atoms with Gasteiger partial charge in [-0.05, 0) is 30.7 Å². The second-order valence-corrected chi connectivity index (χ2v) is 5.85. The highest BCUT2D eigenvalue weighted by Gasteiger charge is 2.13. The number of hydrogen-bond donors (Lipinski definition) is 2. The van der Waals surface area contributed by atoms with Gasteiger partial charge in [-0.15, -0.1) is 0 Å². The fourth-order valence-corrected chi connectivity index (χ4v) is 2.67. The Morgan fingerprint density at radius 1 is 1.04 bits per heavy atom. The molecular weight excluding hydrogens is 358 g/mol. The summed E-state index contributed by atoms with van der Waals surface area (Å²) in [6, 6.07) is 13.3. The number of carbonyl (C=O) groups excluding carboxylic acids is 1. The topological polar surface area (TPSA) is 81.2 Å². The van der Waals surface area contributed by atoms with E-state index in [1.54, 1.807) is 19.2 Å². The number of esters is 1. The van der Waals surface area contributed by atoms with Crippen LogP contribution in [0, 0.1) is 0 Å². The van der Waals surface area contributed by atoms with Crippen molar-refractivity contribution in [1.82, 2.24) is 10.6 Å². The fraction of sp³-hybridized carbons (Fsp3) is 0.333. The molecule has 2 aromatic rings. The Morgan fingerprint density at radius 2 is 1.79 bits per heavy atom. The predicted molar refractivity (Wildman–Crippen MR) is 109 cm³/mol. The number of carbonyl (C=O) groups is 1. The van der Waals surface area contributed by atoms with Gasteiger partial charge in [-0.25, -0.2) is 4.79 Å². The van der Waals surface area contributed by atoms with Gasteiger partial charge >= 0.3 is 5.97 Å². The van der Waals surface area contributed by atoms with Gasteiger partial charge in [0, 0.05) is 25.7 Å². The summed E-state index contributed by atoms with van der Waals surface area (Å²) in [6.07, 6.45) is 0. The van der Waals surface area contributed by atoms with Crippen LogP contribution in [0.15, 0.2) is 47.5 Å². The zero-order valence-corrected chi connectivity index (χ0v) is 16.7. The first kappa shape index (κ1) is 21.1. The molecule has 0 aliphatic carbocycles. The Labute approximate surface area is 165 Å². The van der Waals surface area contributed by atoms with Crippen LogP contribution in [0.25, 0.3) is 0 Å². The lowest BCUT2D eigenvalue weighted by atomic mass is 10.1. The molecule has 28 heavy (non-hydrogen) atoms. The molecule has 0 atom stereocenters. The quantitative estimate of drug-likeness (QED) is 0.413. The Morgan fingerprint density at radius 3 is 2.46 bits per heavy atom. The average molecular weight is 385 g/mol. The van der Waals surface area contributed by atoms with E-state index in [0.717, 1.165) is 16.9 Å². The van der Waals surface area contributed by atoms with Gasteiger partial charge in [-0.3, -0.25) is 4.99 Å². The van der Waals surface area contributed by atoms with Crippen molar-refractivity contribution in [2.24, 2.45) is 4.99 Å². The smallest absolute Gasteiger partial charge is 0.341 e. The third-order valence-corrected chi connectivity index (χ3v) is 4.07. The van der Waals surface area contributed by atoms with Gasteiger partial charge in [0.05, 0.1) is 20.8 Å².